The first-order chi connectivity index (χ1) is 12.6. The van der Waals surface area contributed by atoms with Gasteiger partial charge >= 0.3 is 6.03 Å². The lowest BCUT2D eigenvalue weighted by Gasteiger charge is -2.19. The second-order valence-corrected chi connectivity index (χ2v) is 5.70. The van der Waals surface area contributed by atoms with Crippen LogP contribution in [0.2, 0.25) is 0 Å². The van der Waals surface area contributed by atoms with E-state index in [4.69, 9.17) is 10.00 Å². The van der Waals surface area contributed by atoms with E-state index >= 15 is 0 Å². The summed E-state index contributed by atoms with van der Waals surface area (Å²) in [5.41, 5.74) is 1.28. The number of carbonyl (C=O) groups excluding carboxylic acids is 1. The van der Waals surface area contributed by atoms with Crippen molar-refractivity contribution < 1.29 is 9.53 Å². The summed E-state index contributed by atoms with van der Waals surface area (Å²) < 4.78 is 6.45. The molecule has 0 aliphatic carbocycles. The van der Waals surface area contributed by atoms with Crippen molar-refractivity contribution in [2.24, 2.45) is 0 Å². The molecule has 2 amide bonds. The molecule has 1 unspecified atom stereocenters. The Morgan fingerprint density at radius 3 is 2.73 bits per heavy atom. The van der Waals surface area contributed by atoms with E-state index in [1.54, 1.807) is 19.4 Å². The first-order valence-electron chi connectivity index (χ1n) is 8.33. The summed E-state index contributed by atoms with van der Waals surface area (Å²) in [5.74, 6) is 0. The average Bonchev–Trinajstić information content (AvgIpc) is 2.66. The Hall–Kier alpha value is -3.11. The van der Waals surface area contributed by atoms with E-state index in [2.05, 4.69) is 16.7 Å². The van der Waals surface area contributed by atoms with Gasteiger partial charge in [0.2, 0.25) is 0 Å². The highest BCUT2D eigenvalue weighted by atomic mass is 16.5. The molecule has 2 N–H and O–H groups in total. The minimum Gasteiger partial charge on any atom is -0.383 e. The van der Waals surface area contributed by atoms with Crippen molar-refractivity contribution >= 4 is 11.7 Å². The second-order valence-electron chi connectivity index (χ2n) is 5.70. The van der Waals surface area contributed by atoms with Crippen LogP contribution in [0.15, 0.2) is 53.5 Å². The maximum absolute atomic E-state index is 12.4. The number of nitrogens with zero attached hydrogens (tertiary/aromatic N) is 2. The number of pyridine rings is 1. The highest BCUT2D eigenvalue weighted by Gasteiger charge is 2.14. The van der Waals surface area contributed by atoms with Crippen LogP contribution in [0.25, 0.3) is 0 Å². The number of methoxy groups -OCH3 is 1. The number of aromatic nitrogens is 1. The number of urea groups is 1. The minimum atomic E-state index is -0.395. The number of nitrogens with one attached hydrogen (secondary N) is 2. The fourth-order valence-electron chi connectivity index (χ4n) is 2.51. The zero-order valence-electron chi connectivity index (χ0n) is 14.6. The molecule has 1 atom stereocenters. The standard InChI is InChI=1S/C19H22N4O3/c1-26-13-12-23-14-16(9-10-18(23)24)21-19(25)22-17(8-5-11-20)15-6-3-2-4-7-15/h2-4,6-7,9-10,14,17H,5,8,12-13H2,1H3,(H2,21,22,25). The molecule has 1 heterocycles. The van der Waals surface area contributed by atoms with Gasteiger partial charge in [-0.15, -0.1) is 0 Å². The van der Waals surface area contributed by atoms with Crippen LogP contribution >= 0.6 is 0 Å². The molecule has 0 fully saturated rings. The van der Waals surface area contributed by atoms with E-state index in [0.29, 0.717) is 31.7 Å². The zero-order chi connectivity index (χ0) is 18.8. The topological polar surface area (TPSA) is 96.2 Å². The predicted molar refractivity (Wildman–Crippen MR) is 98.8 cm³/mol. The summed E-state index contributed by atoms with van der Waals surface area (Å²) in [4.78, 5) is 24.1. The normalized spacial score (nSPS) is 11.4. The Labute approximate surface area is 152 Å². The highest BCUT2D eigenvalue weighted by Crippen LogP contribution is 2.18. The molecule has 0 radical (unpaired) electrons. The van der Waals surface area contributed by atoms with Crippen molar-refractivity contribution in [1.29, 1.82) is 5.26 Å². The first-order valence-corrected chi connectivity index (χ1v) is 8.33. The van der Waals surface area contributed by atoms with Crippen LogP contribution in [-0.2, 0) is 11.3 Å². The Morgan fingerprint density at radius 2 is 2.04 bits per heavy atom. The van der Waals surface area contributed by atoms with E-state index < -0.39 is 6.03 Å². The number of amides is 2. The molecule has 2 aromatic rings. The minimum absolute atomic E-state index is 0.163. The molecule has 7 nitrogen and oxygen atoms in total. The molecule has 26 heavy (non-hydrogen) atoms. The number of ether oxygens (including phenoxy) is 1. The third-order valence-electron chi connectivity index (χ3n) is 3.83. The third-order valence-corrected chi connectivity index (χ3v) is 3.83. The van der Waals surface area contributed by atoms with Crippen LogP contribution in [-0.4, -0.2) is 24.3 Å². The molecule has 0 aliphatic heterocycles. The number of hydrogen-bond donors (Lipinski definition) is 2. The Morgan fingerprint density at radius 1 is 1.27 bits per heavy atom. The van der Waals surface area contributed by atoms with E-state index in [-0.39, 0.29) is 11.6 Å². The Bertz CT molecular complexity index is 812. The summed E-state index contributed by atoms with van der Waals surface area (Å²) in [6.07, 6.45) is 2.43. The molecular formula is C19H22N4O3. The molecule has 0 spiro atoms. The van der Waals surface area contributed by atoms with Gasteiger partial charge in [0.25, 0.3) is 5.56 Å². The number of benzene rings is 1. The number of anilines is 1. The maximum Gasteiger partial charge on any atom is 0.319 e. The molecule has 136 valence electrons. The van der Waals surface area contributed by atoms with Gasteiger partial charge in [-0.3, -0.25) is 4.79 Å². The van der Waals surface area contributed by atoms with Gasteiger partial charge in [0.1, 0.15) is 0 Å². The van der Waals surface area contributed by atoms with Crippen molar-refractivity contribution in [3.63, 3.8) is 0 Å². The van der Waals surface area contributed by atoms with E-state index in [1.165, 1.54) is 10.6 Å². The van der Waals surface area contributed by atoms with Crippen molar-refractivity contribution in [1.82, 2.24) is 9.88 Å². The van der Waals surface area contributed by atoms with Gasteiger partial charge < -0.3 is 19.9 Å². The fourth-order valence-corrected chi connectivity index (χ4v) is 2.51. The molecule has 2 rings (SSSR count). The van der Waals surface area contributed by atoms with Gasteiger partial charge in [-0.1, -0.05) is 30.3 Å². The molecule has 1 aromatic heterocycles. The zero-order valence-corrected chi connectivity index (χ0v) is 14.6. The van der Waals surface area contributed by atoms with E-state index in [0.717, 1.165) is 5.56 Å². The maximum atomic E-state index is 12.4. The molecule has 0 bridgehead atoms. The quantitative estimate of drug-likeness (QED) is 0.762. The molecule has 0 saturated heterocycles. The van der Waals surface area contributed by atoms with Crippen molar-refractivity contribution in [2.45, 2.75) is 25.4 Å². The van der Waals surface area contributed by atoms with Gasteiger partial charge in [0.05, 0.1) is 24.4 Å². The molecular weight excluding hydrogens is 332 g/mol. The summed E-state index contributed by atoms with van der Waals surface area (Å²) in [5, 5.41) is 14.4. The van der Waals surface area contributed by atoms with E-state index in [1.807, 2.05) is 30.3 Å². The first kappa shape index (κ1) is 19.2. The third kappa shape index (κ3) is 5.76. The SMILES string of the molecule is COCCn1cc(NC(=O)NC(CCC#N)c2ccccc2)ccc1=O. The highest BCUT2D eigenvalue weighted by molar-refractivity contribution is 5.89. The monoisotopic (exact) mass is 354 g/mol. The lowest BCUT2D eigenvalue weighted by Crippen LogP contribution is -2.33. The average molecular weight is 354 g/mol. The lowest BCUT2D eigenvalue weighted by molar-refractivity contribution is 0.186. The summed E-state index contributed by atoms with van der Waals surface area (Å²) in [6, 6.07) is 13.9. The predicted octanol–water partition coefficient (Wildman–Crippen LogP) is 2.66. The Balaban J connectivity index is 2.06. The van der Waals surface area contributed by atoms with E-state index in [9.17, 15) is 9.59 Å². The number of hydrogen-bond acceptors (Lipinski definition) is 4. The summed E-state index contributed by atoms with van der Waals surface area (Å²) in [7, 11) is 1.56. The fraction of sp³-hybridized carbons (Fsp3) is 0.316. The number of nitriles is 1. The van der Waals surface area contributed by atoms with Crippen molar-refractivity contribution in [3.05, 3.63) is 64.6 Å². The molecule has 0 aliphatic rings. The van der Waals surface area contributed by atoms with Gasteiger partial charge in [0.15, 0.2) is 0 Å². The van der Waals surface area contributed by atoms with Gasteiger partial charge in [0, 0.05) is 32.3 Å². The van der Waals surface area contributed by atoms with Crippen LogP contribution in [0.1, 0.15) is 24.4 Å². The van der Waals surface area contributed by atoms with Gasteiger partial charge in [-0.2, -0.15) is 5.26 Å². The van der Waals surface area contributed by atoms with Crippen LogP contribution in [0.5, 0.6) is 0 Å². The molecule has 7 heteroatoms. The summed E-state index contributed by atoms with van der Waals surface area (Å²) in [6.45, 7) is 0.807. The largest absolute Gasteiger partial charge is 0.383 e. The van der Waals surface area contributed by atoms with Gasteiger partial charge in [-0.25, -0.2) is 4.79 Å². The number of rotatable bonds is 8. The van der Waals surface area contributed by atoms with Crippen molar-refractivity contribution in [3.8, 4) is 6.07 Å². The molecule has 0 saturated carbocycles. The second kappa shape index (κ2) is 10.0. The lowest BCUT2D eigenvalue weighted by atomic mass is 10.0. The smallest absolute Gasteiger partial charge is 0.319 e. The van der Waals surface area contributed by atoms with Gasteiger partial charge in [-0.05, 0) is 18.1 Å². The van der Waals surface area contributed by atoms with Crippen LogP contribution in [0.4, 0.5) is 10.5 Å². The Kier molecular flexibility index (Phi) is 7.40. The van der Waals surface area contributed by atoms with Crippen LogP contribution in [0.3, 0.4) is 0 Å². The van der Waals surface area contributed by atoms with Crippen LogP contribution in [0, 0.1) is 11.3 Å². The number of carbonyl (C=O) groups is 1. The molecule has 1 aromatic carbocycles. The van der Waals surface area contributed by atoms with Crippen LogP contribution < -0.4 is 16.2 Å². The summed E-state index contributed by atoms with van der Waals surface area (Å²) >= 11 is 0. The van der Waals surface area contributed by atoms with Crippen molar-refractivity contribution in [2.75, 3.05) is 19.0 Å².